The fraction of sp³-hybridized carbons (Fsp3) is 0.250. The van der Waals surface area contributed by atoms with Crippen LogP contribution >= 0.6 is 11.3 Å². The summed E-state index contributed by atoms with van der Waals surface area (Å²) < 4.78 is 26.5. The van der Waals surface area contributed by atoms with Gasteiger partial charge in [-0.05, 0) is 24.6 Å². The zero-order valence-electron chi connectivity index (χ0n) is 10.3. The van der Waals surface area contributed by atoms with Crippen molar-refractivity contribution in [3.63, 3.8) is 0 Å². The van der Waals surface area contributed by atoms with E-state index in [0.29, 0.717) is 10.6 Å². The molecule has 0 saturated heterocycles. The molecule has 0 aliphatic carbocycles. The number of sulfonamides is 1. The van der Waals surface area contributed by atoms with Gasteiger partial charge >= 0.3 is 0 Å². The van der Waals surface area contributed by atoms with Crippen molar-refractivity contribution < 1.29 is 13.5 Å². The number of nitrogens with one attached hydrogen (secondary N) is 1. The molecule has 2 aromatic rings. The fourth-order valence-corrected chi connectivity index (χ4v) is 3.14. The van der Waals surface area contributed by atoms with E-state index >= 15 is 0 Å². The van der Waals surface area contributed by atoms with Gasteiger partial charge in [0.1, 0.15) is 5.01 Å². The van der Waals surface area contributed by atoms with Gasteiger partial charge in [0.05, 0.1) is 17.5 Å². The van der Waals surface area contributed by atoms with Crippen LogP contribution in [0, 0.1) is 0 Å². The van der Waals surface area contributed by atoms with Crippen LogP contribution in [0.3, 0.4) is 0 Å². The molecule has 19 heavy (non-hydrogen) atoms. The Kier molecular flexibility index (Phi) is 4.31. The van der Waals surface area contributed by atoms with Crippen LogP contribution in [0.5, 0.6) is 0 Å². The van der Waals surface area contributed by atoms with E-state index in [4.69, 9.17) is 0 Å². The summed E-state index contributed by atoms with van der Waals surface area (Å²) in [5.41, 5.74) is 0.680. The number of aliphatic hydroxyl groups excluding tert-OH is 1. The second-order valence-electron chi connectivity index (χ2n) is 4.00. The van der Waals surface area contributed by atoms with Gasteiger partial charge in [0.25, 0.3) is 0 Å². The quantitative estimate of drug-likeness (QED) is 0.880. The molecule has 1 aromatic carbocycles. The topological polar surface area (TPSA) is 79.3 Å². The molecule has 0 amide bonds. The Morgan fingerprint density at radius 1 is 1.37 bits per heavy atom. The summed E-state index contributed by atoms with van der Waals surface area (Å²) in [4.78, 5) is 4.18. The molecule has 1 atom stereocenters. The third-order valence-electron chi connectivity index (χ3n) is 2.57. The van der Waals surface area contributed by atoms with Crippen molar-refractivity contribution in [2.24, 2.45) is 0 Å². The number of hydrogen-bond acceptors (Lipinski definition) is 5. The minimum Gasteiger partial charge on any atom is -0.389 e. The molecular weight excluding hydrogens is 284 g/mol. The smallest absolute Gasteiger partial charge is 0.240 e. The van der Waals surface area contributed by atoms with Crippen LogP contribution in [0.1, 0.15) is 23.6 Å². The molecule has 2 rings (SSSR count). The van der Waals surface area contributed by atoms with Crippen LogP contribution in [0.4, 0.5) is 0 Å². The lowest BCUT2D eigenvalue weighted by atomic mass is 10.1. The molecule has 0 fully saturated rings. The molecular formula is C12H14N2O3S2. The Balaban J connectivity index is 2.10. The molecule has 0 aliphatic heterocycles. The maximum atomic E-state index is 12.0. The molecule has 5 nitrogen and oxygen atoms in total. The largest absolute Gasteiger partial charge is 0.389 e. The Bertz CT molecular complexity index is 620. The minimum atomic E-state index is -3.54. The van der Waals surface area contributed by atoms with Gasteiger partial charge in [-0.1, -0.05) is 12.1 Å². The first kappa shape index (κ1) is 14.1. The number of rotatable bonds is 5. The predicted octanol–water partition coefficient (Wildman–Crippen LogP) is 1.67. The Labute approximate surface area is 116 Å². The number of aromatic nitrogens is 1. The summed E-state index contributed by atoms with van der Waals surface area (Å²) in [5, 5.41) is 11.9. The maximum Gasteiger partial charge on any atom is 0.240 e. The third-order valence-corrected chi connectivity index (χ3v) is 4.77. The minimum absolute atomic E-state index is 0.174. The highest BCUT2D eigenvalue weighted by Crippen LogP contribution is 2.16. The van der Waals surface area contributed by atoms with Gasteiger partial charge in [-0.2, -0.15) is 0 Å². The molecule has 1 heterocycles. The zero-order chi connectivity index (χ0) is 13.9. The zero-order valence-corrected chi connectivity index (χ0v) is 11.9. The van der Waals surface area contributed by atoms with Crippen LogP contribution in [0.25, 0.3) is 0 Å². The van der Waals surface area contributed by atoms with Crippen LogP contribution in [-0.4, -0.2) is 18.5 Å². The number of benzene rings is 1. The lowest BCUT2D eigenvalue weighted by molar-refractivity contribution is 0.199. The highest BCUT2D eigenvalue weighted by atomic mass is 32.2. The van der Waals surface area contributed by atoms with Gasteiger partial charge < -0.3 is 5.11 Å². The van der Waals surface area contributed by atoms with Crippen molar-refractivity contribution in [1.29, 1.82) is 0 Å². The number of hydrogen-bond donors (Lipinski definition) is 2. The highest BCUT2D eigenvalue weighted by Gasteiger charge is 2.14. The third kappa shape index (κ3) is 3.60. The molecule has 2 N–H and O–H groups in total. The van der Waals surface area contributed by atoms with Crippen LogP contribution in [0.2, 0.25) is 0 Å². The molecule has 102 valence electrons. The summed E-state index contributed by atoms with van der Waals surface area (Å²) >= 11 is 1.39. The van der Waals surface area contributed by atoms with E-state index in [0.717, 1.165) is 0 Å². The SMILES string of the molecule is CC(O)c1ccc(S(=O)(=O)NCc2nccs2)cc1. The first-order valence-corrected chi connectivity index (χ1v) is 8.01. The van der Waals surface area contributed by atoms with E-state index < -0.39 is 16.1 Å². The lowest BCUT2D eigenvalue weighted by Gasteiger charge is -2.08. The van der Waals surface area contributed by atoms with Crippen LogP contribution in [0.15, 0.2) is 40.7 Å². The van der Waals surface area contributed by atoms with Gasteiger partial charge in [-0.15, -0.1) is 11.3 Å². The van der Waals surface area contributed by atoms with E-state index in [1.807, 2.05) is 0 Å². The molecule has 1 aromatic heterocycles. The number of thiazole rings is 1. The van der Waals surface area contributed by atoms with Crippen molar-refractivity contribution >= 4 is 21.4 Å². The first-order valence-electron chi connectivity index (χ1n) is 5.65. The second kappa shape index (κ2) is 5.79. The second-order valence-corrected chi connectivity index (χ2v) is 6.74. The average molecular weight is 298 g/mol. The van der Waals surface area contributed by atoms with Crippen LogP contribution < -0.4 is 4.72 Å². The van der Waals surface area contributed by atoms with Crippen molar-refractivity contribution in [1.82, 2.24) is 9.71 Å². The van der Waals surface area contributed by atoms with Gasteiger partial charge in [-0.3, -0.25) is 0 Å². The van der Waals surface area contributed by atoms with E-state index in [1.165, 1.54) is 23.5 Å². The van der Waals surface area contributed by atoms with E-state index in [9.17, 15) is 13.5 Å². The summed E-state index contributed by atoms with van der Waals surface area (Å²) in [7, 11) is -3.54. The molecule has 0 aliphatic rings. The molecule has 7 heteroatoms. The van der Waals surface area contributed by atoms with Crippen molar-refractivity contribution in [3.8, 4) is 0 Å². The summed E-state index contributed by atoms with van der Waals surface area (Å²) in [6, 6.07) is 6.16. The molecule has 0 saturated carbocycles. The normalized spacial score (nSPS) is 13.4. The highest BCUT2D eigenvalue weighted by molar-refractivity contribution is 7.89. The van der Waals surface area contributed by atoms with Crippen molar-refractivity contribution in [2.75, 3.05) is 0 Å². The maximum absolute atomic E-state index is 12.0. The fourth-order valence-electron chi connectivity index (χ4n) is 1.51. The van der Waals surface area contributed by atoms with Gasteiger partial charge in [0.15, 0.2) is 0 Å². The van der Waals surface area contributed by atoms with E-state index in [2.05, 4.69) is 9.71 Å². The molecule has 0 radical (unpaired) electrons. The average Bonchev–Trinajstić information content (AvgIpc) is 2.90. The lowest BCUT2D eigenvalue weighted by Crippen LogP contribution is -2.23. The van der Waals surface area contributed by atoms with E-state index in [1.54, 1.807) is 30.6 Å². The Morgan fingerprint density at radius 2 is 2.05 bits per heavy atom. The summed E-state index contributed by atoms with van der Waals surface area (Å²) in [6.45, 7) is 1.81. The first-order chi connectivity index (χ1) is 8.99. The van der Waals surface area contributed by atoms with Crippen molar-refractivity contribution in [2.45, 2.75) is 24.5 Å². The van der Waals surface area contributed by atoms with Gasteiger partial charge in [0, 0.05) is 11.6 Å². The predicted molar refractivity (Wildman–Crippen MR) is 73.2 cm³/mol. The Morgan fingerprint density at radius 3 is 2.58 bits per heavy atom. The molecule has 0 bridgehead atoms. The monoisotopic (exact) mass is 298 g/mol. The van der Waals surface area contributed by atoms with Crippen LogP contribution in [-0.2, 0) is 16.6 Å². The molecule has 0 spiro atoms. The van der Waals surface area contributed by atoms with Crippen molar-refractivity contribution in [3.05, 3.63) is 46.4 Å². The standard InChI is InChI=1S/C12H14N2O3S2/c1-9(15)10-2-4-11(5-3-10)19(16,17)14-8-12-13-6-7-18-12/h2-7,9,14-15H,8H2,1H3. The summed E-state index contributed by atoms with van der Waals surface area (Å²) in [6.07, 6.45) is 1.02. The number of aliphatic hydroxyl groups is 1. The molecule has 1 unspecified atom stereocenters. The van der Waals surface area contributed by atoms with E-state index in [-0.39, 0.29) is 11.4 Å². The Hall–Kier alpha value is -1.28. The summed E-state index contributed by atoms with van der Waals surface area (Å²) in [5.74, 6) is 0. The van der Waals surface area contributed by atoms with Gasteiger partial charge in [-0.25, -0.2) is 18.1 Å². The van der Waals surface area contributed by atoms with Gasteiger partial charge in [0.2, 0.25) is 10.0 Å². The number of nitrogens with zero attached hydrogens (tertiary/aromatic N) is 1.